The number of hydrogen-bond acceptors (Lipinski definition) is 2. The molecule has 2 nitrogen and oxygen atoms in total. The van der Waals surface area contributed by atoms with Gasteiger partial charge in [-0.2, -0.15) is 0 Å². The van der Waals surface area contributed by atoms with Gasteiger partial charge in [-0.25, -0.2) is 0 Å². The molecule has 2 aromatic rings. The Morgan fingerprint density at radius 3 is 2.94 bits per heavy atom. The topological polar surface area (TPSA) is 38.9 Å². The van der Waals surface area contributed by atoms with E-state index in [1.807, 2.05) is 24.4 Å². The lowest BCUT2D eigenvalue weighted by Crippen LogP contribution is -2.06. The zero-order chi connectivity index (χ0) is 11.8. The van der Waals surface area contributed by atoms with Gasteiger partial charge < -0.3 is 5.73 Å². The molecule has 1 aromatic carbocycles. The maximum atomic E-state index is 6.08. The molecule has 1 aliphatic carbocycles. The molecule has 0 spiro atoms. The van der Waals surface area contributed by atoms with Crippen molar-refractivity contribution < 1.29 is 0 Å². The van der Waals surface area contributed by atoms with Crippen molar-refractivity contribution in [1.29, 1.82) is 0 Å². The van der Waals surface area contributed by atoms with Gasteiger partial charge in [-0.15, -0.1) is 0 Å². The summed E-state index contributed by atoms with van der Waals surface area (Å²) in [6, 6.07) is 10.1. The molecule has 0 fully saturated rings. The number of pyridine rings is 1. The van der Waals surface area contributed by atoms with Gasteiger partial charge in [-0.05, 0) is 42.3 Å². The van der Waals surface area contributed by atoms with E-state index in [4.69, 9.17) is 17.3 Å². The Kier molecular flexibility index (Phi) is 2.61. The summed E-state index contributed by atoms with van der Waals surface area (Å²) in [6.45, 7) is 0.672. The molecule has 86 valence electrons. The number of halogens is 1. The van der Waals surface area contributed by atoms with Gasteiger partial charge in [-0.1, -0.05) is 23.7 Å². The second kappa shape index (κ2) is 4.13. The molecule has 3 heteroatoms. The van der Waals surface area contributed by atoms with E-state index in [9.17, 15) is 0 Å². The highest BCUT2D eigenvalue weighted by Gasteiger charge is 2.28. The van der Waals surface area contributed by atoms with Crippen molar-refractivity contribution in [3.8, 4) is 11.3 Å². The molecule has 0 amide bonds. The van der Waals surface area contributed by atoms with Gasteiger partial charge in [0.2, 0.25) is 0 Å². The highest BCUT2D eigenvalue weighted by atomic mass is 35.5. The SMILES string of the molecule is NCCC1c2cc(Cl)ccc2-c2ncccc21. The molecular formula is C14H13ClN2. The highest BCUT2D eigenvalue weighted by Crippen LogP contribution is 2.45. The third kappa shape index (κ3) is 1.65. The molecule has 2 N–H and O–H groups in total. The van der Waals surface area contributed by atoms with E-state index < -0.39 is 0 Å². The van der Waals surface area contributed by atoms with Crippen LogP contribution in [0.1, 0.15) is 23.5 Å². The maximum Gasteiger partial charge on any atom is 0.0743 e. The third-order valence-electron chi connectivity index (χ3n) is 3.31. The summed E-state index contributed by atoms with van der Waals surface area (Å²) in [7, 11) is 0. The lowest BCUT2D eigenvalue weighted by Gasteiger charge is -2.11. The molecule has 1 atom stereocenters. The number of aromatic nitrogens is 1. The highest BCUT2D eigenvalue weighted by molar-refractivity contribution is 6.30. The van der Waals surface area contributed by atoms with Crippen molar-refractivity contribution >= 4 is 11.6 Å². The summed E-state index contributed by atoms with van der Waals surface area (Å²) >= 11 is 6.08. The monoisotopic (exact) mass is 244 g/mol. The van der Waals surface area contributed by atoms with Crippen LogP contribution in [-0.4, -0.2) is 11.5 Å². The molecule has 17 heavy (non-hydrogen) atoms. The van der Waals surface area contributed by atoms with Gasteiger partial charge >= 0.3 is 0 Å². The molecule has 3 rings (SSSR count). The molecule has 1 aliphatic rings. The first-order valence-electron chi connectivity index (χ1n) is 5.76. The summed E-state index contributed by atoms with van der Waals surface area (Å²) in [4.78, 5) is 4.48. The predicted octanol–water partition coefficient (Wildman–Crippen LogP) is 3.20. The van der Waals surface area contributed by atoms with Crippen LogP contribution in [0, 0.1) is 0 Å². The number of benzene rings is 1. The average Bonchev–Trinajstić information content (AvgIpc) is 2.65. The van der Waals surface area contributed by atoms with E-state index in [2.05, 4.69) is 17.1 Å². The minimum Gasteiger partial charge on any atom is -0.330 e. The molecule has 0 saturated carbocycles. The van der Waals surface area contributed by atoms with Crippen molar-refractivity contribution in [3.05, 3.63) is 52.7 Å². The molecule has 0 bridgehead atoms. The van der Waals surface area contributed by atoms with Gasteiger partial charge in [0, 0.05) is 22.7 Å². The van der Waals surface area contributed by atoms with Crippen molar-refractivity contribution in [1.82, 2.24) is 4.98 Å². The summed E-state index contributed by atoms with van der Waals surface area (Å²) in [6.07, 6.45) is 2.77. The van der Waals surface area contributed by atoms with Crippen molar-refractivity contribution in [3.63, 3.8) is 0 Å². The molecule has 1 aromatic heterocycles. The van der Waals surface area contributed by atoms with Gasteiger partial charge in [0.15, 0.2) is 0 Å². The van der Waals surface area contributed by atoms with Crippen LogP contribution in [0.15, 0.2) is 36.5 Å². The fourth-order valence-electron chi connectivity index (χ4n) is 2.61. The zero-order valence-corrected chi connectivity index (χ0v) is 10.1. The number of nitrogens with two attached hydrogens (primary N) is 1. The largest absolute Gasteiger partial charge is 0.330 e. The van der Waals surface area contributed by atoms with Crippen LogP contribution >= 0.6 is 11.6 Å². The summed E-state index contributed by atoms with van der Waals surface area (Å²) in [5.41, 5.74) is 10.5. The van der Waals surface area contributed by atoms with E-state index in [-0.39, 0.29) is 0 Å². The van der Waals surface area contributed by atoms with Crippen LogP contribution in [0.25, 0.3) is 11.3 Å². The van der Waals surface area contributed by atoms with E-state index in [1.165, 1.54) is 16.7 Å². The number of fused-ring (bicyclic) bond motifs is 3. The van der Waals surface area contributed by atoms with Crippen LogP contribution < -0.4 is 5.73 Å². The lowest BCUT2D eigenvalue weighted by molar-refractivity contribution is 0.740. The maximum absolute atomic E-state index is 6.08. The normalized spacial score (nSPS) is 16.7. The van der Waals surface area contributed by atoms with Crippen LogP contribution in [0.2, 0.25) is 5.02 Å². The van der Waals surface area contributed by atoms with Gasteiger partial charge in [0.25, 0.3) is 0 Å². The Balaban J connectivity index is 2.22. The fourth-order valence-corrected chi connectivity index (χ4v) is 2.79. The molecule has 1 unspecified atom stereocenters. The van der Waals surface area contributed by atoms with Crippen molar-refractivity contribution in [2.24, 2.45) is 5.73 Å². The molecule has 0 saturated heterocycles. The first-order chi connectivity index (χ1) is 8.31. The molecule has 0 aliphatic heterocycles. The van der Waals surface area contributed by atoms with E-state index >= 15 is 0 Å². The van der Waals surface area contributed by atoms with Crippen LogP contribution in [0.5, 0.6) is 0 Å². The Morgan fingerprint density at radius 2 is 2.12 bits per heavy atom. The van der Waals surface area contributed by atoms with Gasteiger partial charge in [0.1, 0.15) is 0 Å². The second-order valence-corrected chi connectivity index (χ2v) is 4.74. The van der Waals surface area contributed by atoms with Crippen molar-refractivity contribution in [2.75, 3.05) is 6.54 Å². The second-order valence-electron chi connectivity index (χ2n) is 4.30. The van der Waals surface area contributed by atoms with Crippen LogP contribution in [0.4, 0.5) is 0 Å². The Bertz CT molecular complexity index is 566. The Labute approximate surface area is 105 Å². The standard InChI is InChI=1S/C14H13ClN2/c15-9-3-4-12-13(8-9)10(5-6-16)11-2-1-7-17-14(11)12/h1-4,7-8,10H,5-6,16H2. The number of hydrogen-bond donors (Lipinski definition) is 1. The van der Waals surface area contributed by atoms with E-state index in [1.54, 1.807) is 0 Å². The third-order valence-corrected chi connectivity index (χ3v) is 3.55. The quantitative estimate of drug-likeness (QED) is 0.881. The summed E-state index contributed by atoms with van der Waals surface area (Å²) in [5, 5.41) is 0.776. The summed E-state index contributed by atoms with van der Waals surface area (Å²) < 4.78 is 0. The lowest BCUT2D eigenvalue weighted by atomic mass is 9.94. The molecular weight excluding hydrogens is 232 g/mol. The molecule has 0 radical (unpaired) electrons. The summed E-state index contributed by atoms with van der Waals surface area (Å²) in [5.74, 6) is 0.345. The Morgan fingerprint density at radius 1 is 1.24 bits per heavy atom. The minimum atomic E-state index is 0.345. The first-order valence-corrected chi connectivity index (χ1v) is 6.14. The van der Waals surface area contributed by atoms with Gasteiger partial charge in [0.05, 0.1) is 5.69 Å². The average molecular weight is 245 g/mol. The van der Waals surface area contributed by atoms with E-state index in [0.717, 1.165) is 17.1 Å². The number of rotatable bonds is 2. The Hall–Kier alpha value is -1.38. The smallest absolute Gasteiger partial charge is 0.0743 e. The predicted molar refractivity (Wildman–Crippen MR) is 70.2 cm³/mol. The first kappa shape index (κ1) is 10.8. The van der Waals surface area contributed by atoms with Gasteiger partial charge in [-0.3, -0.25) is 4.98 Å². The molecule has 1 heterocycles. The van der Waals surface area contributed by atoms with Crippen LogP contribution in [-0.2, 0) is 0 Å². The zero-order valence-electron chi connectivity index (χ0n) is 9.36. The number of nitrogens with zero attached hydrogens (tertiary/aromatic N) is 1. The van der Waals surface area contributed by atoms with Crippen LogP contribution in [0.3, 0.4) is 0 Å². The fraction of sp³-hybridized carbons (Fsp3) is 0.214. The van der Waals surface area contributed by atoms with Crippen molar-refractivity contribution in [2.45, 2.75) is 12.3 Å². The van der Waals surface area contributed by atoms with E-state index in [0.29, 0.717) is 12.5 Å². The minimum absolute atomic E-state index is 0.345.